The number of imide groups is 1. The molecular formula is C28H33N3O3S. The Morgan fingerprint density at radius 1 is 1.03 bits per heavy atom. The molecule has 184 valence electrons. The van der Waals surface area contributed by atoms with Gasteiger partial charge in [-0.25, -0.2) is 4.79 Å². The molecule has 2 aromatic carbocycles. The van der Waals surface area contributed by atoms with Crippen molar-refractivity contribution in [3.8, 4) is 5.75 Å². The summed E-state index contributed by atoms with van der Waals surface area (Å²) in [6.45, 7) is 6.88. The number of benzene rings is 2. The summed E-state index contributed by atoms with van der Waals surface area (Å²) in [6.07, 6.45) is 2.06. The zero-order chi connectivity index (χ0) is 24.6. The third-order valence-electron chi connectivity index (χ3n) is 7.41. The smallest absolute Gasteiger partial charge is 0.327 e. The van der Waals surface area contributed by atoms with Crippen LogP contribution in [-0.4, -0.2) is 65.0 Å². The van der Waals surface area contributed by atoms with Gasteiger partial charge in [-0.1, -0.05) is 30.3 Å². The number of thiophene rings is 1. The van der Waals surface area contributed by atoms with E-state index in [9.17, 15) is 9.59 Å². The lowest BCUT2D eigenvalue weighted by atomic mass is 9.85. The van der Waals surface area contributed by atoms with E-state index in [4.69, 9.17) is 4.74 Å². The van der Waals surface area contributed by atoms with E-state index in [0.717, 1.165) is 30.9 Å². The number of hydrogen-bond acceptors (Lipinski definition) is 5. The quantitative estimate of drug-likeness (QED) is 0.429. The molecule has 35 heavy (non-hydrogen) atoms. The molecule has 0 unspecified atom stereocenters. The number of amides is 3. The first-order valence-electron chi connectivity index (χ1n) is 12.4. The summed E-state index contributed by atoms with van der Waals surface area (Å²) in [5.41, 5.74) is 0.399. The Kier molecular flexibility index (Phi) is 6.55. The molecule has 3 heterocycles. The SMILES string of the molecule is COc1ccc(CCN2C(=O)N(C(C)C)C(=O)C23CCN(Cc2cc4ccccc4s2)CC3)cc1. The topological polar surface area (TPSA) is 53.1 Å². The van der Waals surface area contributed by atoms with Crippen LogP contribution < -0.4 is 4.74 Å². The average Bonchev–Trinajstić information content (AvgIpc) is 3.35. The van der Waals surface area contributed by atoms with Crippen molar-refractivity contribution >= 4 is 33.4 Å². The highest BCUT2D eigenvalue weighted by Gasteiger charge is 2.58. The van der Waals surface area contributed by atoms with Crippen molar-refractivity contribution in [1.29, 1.82) is 0 Å². The summed E-state index contributed by atoms with van der Waals surface area (Å²) in [4.78, 5) is 34.2. The van der Waals surface area contributed by atoms with Gasteiger partial charge in [-0.05, 0) is 68.3 Å². The van der Waals surface area contributed by atoms with Gasteiger partial charge < -0.3 is 9.64 Å². The lowest BCUT2D eigenvalue weighted by Crippen LogP contribution is -2.56. The van der Waals surface area contributed by atoms with Crippen LogP contribution in [-0.2, 0) is 17.8 Å². The third kappa shape index (κ3) is 4.43. The molecule has 3 aromatic rings. The number of rotatable bonds is 7. The highest BCUT2D eigenvalue weighted by atomic mass is 32.1. The Balaban J connectivity index is 1.31. The standard InChI is InChI=1S/C28H33N3O3S/c1-20(2)31-26(32)28(30(27(31)33)15-12-21-8-10-23(34-3)11-9-21)13-16-29(17-14-28)19-24-18-22-6-4-5-7-25(22)35-24/h4-11,18,20H,12-17,19H2,1-3H3. The number of hydrogen-bond donors (Lipinski definition) is 0. The molecule has 0 bridgehead atoms. The molecule has 0 aliphatic carbocycles. The van der Waals surface area contributed by atoms with Gasteiger partial charge in [0.2, 0.25) is 0 Å². The van der Waals surface area contributed by atoms with E-state index >= 15 is 0 Å². The zero-order valence-corrected chi connectivity index (χ0v) is 21.5. The van der Waals surface area contributed by atoms with Crippen LogP contribution in [0.15, 0.2) is 54.6 Å². The first-order valence-corrected chi connectivity index (χ1v) is 13.2. The summed E-state index contributed by atoms with van der Waals surface area (Å²) >= 11 is 1.84. The summed E-state index contributed by atoms with van der Waals surface area (Å²) in [5.74, 6) is 0.795. The number of nitrogens with zero attached hydrogens (tertiary/aromatic N) is 3. The molecule has 0 radical (unpaired) electrons. The van der Waals surface area contributed by atoms with Crippen molar-refractivity contribution in [2.24, 2.45) is 0 Å². The number of ether oxygens (including phenoxy) is 1. The molecule has 2 aliphatic rings. The molecular weight excluding hydrogens is 458 g/mol. The van der Waals surface area contributed by atoms with E-state index < -0.39 is 5.54 Å². The van der Waals surface area contributed by atoms with Crippen molar-refractivity contribution < 1.29 is 14.3 Å². The molecule has 3 amide bonds. The fraction of sp³-hybridized carbons (Fsp3) is 0.429. The number of fused-ring (bicyclic) bond motifs is 1. The monoisotopic (exact) mass is 491 g/mol. The third-order valence-corrected chi connectivity index (χ3v) is 8.51. The van der Waals surface area contributed by atoms with Gasteiger partial charge in [0, 0.05) is 41.8 Å². The first kappa shape index (κ1) is 23.8. The Morgan fingerprint density at radius 3 is 2.40 bits per heavy atom. The van der Waals surface area contributed by atoms with Gasteiger partial charge in [-0.3, -0.25) is 14.6 Å². The van der Waals surface area contributed by atoms with Crippen molar-refractivity contribution in [2.45, 2.75) is 51.2 Å². The number of likely N-dealkylation sites (tertiary alicyclic amines) is 1. The molecule has 2 fully saturated rings. The second-order valence-corrected chi connectivity index (χ2v) is 11.0. The van der Waals surface area contributed by atoms with Crippen molar-refractivity contribution in [3.63, 3.8) is 0 Å². The molecule has 1 aromatic heterocycles. The van der Waals surface area contributed by atoms with Crippen molar-refractivity contribution in [3.05, 3.63) is 65.0 Å². The van der Waals surface area contributed by atoms with Crippen LogP contribution in [0.5, 0.6) is 5.75 Å². The van der Waals surface area contributed by atoms with Crippen LogP contribution in [0.3, 0.4) is 0 Å². The summed E-state index contributed by atoms with van der Waals surface area (Å²) in [6, 6.07) is 18.4. The highest BCUT2D eigenvalue weighted by molar-refractivity contribution is 7.19. The Morgan fingerprint density at radius 2 is 1.74 bits per heavy atom. The molecule has 0 N–H and O–H groups in total. The van der Waals surface area contributed by atoms with Crippen LogP contribution in [0.2, 0.25) is 0 Å². The number of piperidine rings is 1. The van der Waals surface area contributed by atoms with E-state index in [1.54, 1.807) is 7.11 Å². The normalized spacial score (nSPS) is 18.4. The predicted molar refractivity (Wildman–Crippen MR) is 140 cm³/mol. The molecule has 0 saturated carbocycles. The van der Waals surface area contributed by atoms with Gasteiger partial charge in [0.05, 0.1) is 7.11 Å². The Labute approximate surface area is 211 Å². The number of methoxy groups -OCH3 is 1. The minimum atomic E-state index is -0.732. The van der Waals surface area contributed by atoms with Crippen LogP contribution in [0.4, 0.5) is 4.79 Å². The average molecular weight is 492 g/mol. The fourth-order valence-corrected chi connectivity index (χ4v) is 6.54. The molecule has 2 aliphatic heterocycles. The number of urea groups is 1. The van der Waals surface area contributed by atoms with Crippen molar-refractivity contribution in [2.75, 3.05) is 26.7 Å². The molecule has 1 spiro atoms. The van der Waals surface area contributed by atoms with E-state index in [-0.39, 0.29) is 18.0 Å². The largest absolute Gasteiger partial charge is 0.497 e. The molecule has 7 heteroatoms. The van der Waals surface area contributed by atoms with Crippen LogP contribution in [0, 0.1) is 0 Å². The van der Waals surface area contributed by atoms with Crippen LogP contribution in [0.25, 0.3) is 10.1 Å². The summed E-state index contributed by atoms with van der Waals surface area (Å²) < 4.78 is 6.57. The maximum absolute atomic E-state index is 13.7. The summed E-state index contributed by atoms with van der Waals surface area (Å²) in [5, 5.41) is 1.29. The first-order chi connectivity index (χ1) is 16.9. The lowest BCUT2D eigenvalue weighted by molar-refractivity contribution is -0.136. The minimum Gasteiger partial charge on any atom is -0.497 e. The van der Waals surface area contributed by atoms with E-state index in [1.807, 2.05) is 54.3 Å². The summed E-state index contributed by atoms with van der Waals surface area (Å²) in [7, 11) is 1.65. The zero-order valence-electron chi connectivity index (χ0n) is 20.7. The Bertz CT molecular complexity index is 1180. The highest BCUT2D eigenvalue weighted by Crippen LogP contribution is 2.39. The maximum atomic E-state index is 13.7. The molecule has 5 rings (SSSR count). The van der Waals surface area contributed by atoms with Crippen LogP contribution >= 0.6 is 11.3 Å². The van der Waals surface area contributed by atoms with Crippen molar-refractivity contribution in [1.82, 2.24) is 14.7 Å². The number of carbonyl (C=O) groups excluding carboxylic acids is 2. The van der Waals surface area contributed by atoms with Gasteiger partial charge in [-0.15, -0.1) is 11.3 Å². The molecule has 6 nitrogen and oxygen atoms in total. The predicted octanol–water partition coefficient (Wildman–Crippen LogP) is 5.16. The molecule has 2 saturated heterocycles. The minimum absolute atomic E-state index is 0.0197. The molecule has 0 atom stereocenters. The van der Waals surface area contributed by atoms with Gasteiger partial charge in [0.1, 0.15) is 11.3 Å². The second kappa shape index (κ2) is 9.63. The van der Waals surface area contributed by atoms with Crippen LogP contribution in [0.1, 0.15) is 37.1 Å². The van der Waals surface area contributed by atoms with E-state index in [1.165, 1.54) is 19.9 Å². The van der Waals surface area contributed by atoms with Gasteiger partial charge >= 0.3 is 6.03 Å². The Hall–Kier alpha value is -2.90. The number of carbonyl (C=O) groups is 2. The van der Waals surface area contributed by atoms with E-state index in [0.29, 0.717) is 25.8 Å². The lowest BCUT2D eigenvalue weighted by Gasteiger charge is -2.42. The second-order valence-electron chi connectivity index (χ2n) is 9.86. The van der Waals surface area contributed by atoms with Gasteiger partial charge in [0.15, 0.2) is 0 Å². The van der Waals surface area contributed by atoms with E-state index in [2.05, 4.69) is 35.2 Å². The maximum Gasteiger partial charge on any atom is 0.327 e. The fourth-order valence-electron chi connectivity index (χ4n) is 5.44. The van der Waals surface area contributed by atoms with Gasteiger partial charge in [0.25, 0.3) is 5.91 Å². The van der Waals surface area contributed by atoms with Gasteiger partial charge in [-0.2, -0.15) is 0 Å².